The van der Waals surface area contributed by atoms with Crippen molar-refractivity contribution in [3.8, 4) is 0 Å². The van der Waals surface area contributed by atoms with Crippen molar-refractivity contribution in [3.05, 3.63) is 42.6 Å². The number of benzene rings is 1. The molecule has 1 aliphatic heterocycles. The molecule has 1 aromatic heterocycles. The molecule has 0 saturated carbocycles. The highest BCUT2D eigenvalue weighted by atomic mass is 16.5. The zero-order chi connectivity index (χ0) is 20.6. The van der Waals surface area contributed by atoms with Crippen molar-refractivity contribution >= 4 is 23.4 Å². The smallest absolute Gasteiger partial charge is 0.320 e. The number of urea groups is 1. The zero-order valence-corrected chi connectivity index (χ0v) is 16.9. The molecule has 3 amide bonds. The Morgan fingerprint density at radius 3 is 2.66 bits per heavy atom. The molecular formula is C20H28N6O3. The second kappa shape index (κ2) is 9.92. The third-order valence-corrected chi connectivity index (χ3v) is 4.93. The van der Waals surface area contributed by atoms with Crippen LogP contribution in [0.3, 0.4) is 0 Å². The molecule has 1 atom stereocenters. The maximum absolute atomic E-state index is 12.3. The van der Waals surface area contributed by atoms with Gasteiger partial charge in [-0.1, -0.05) is 18.2 Å². The topological polar surface area (TPSA) is 91.7 Å². The first-order valence-corrected chi connectivity index (χ1v) is 9.74. The number of morpholine rings is 1. The Labute approximate surface area is 170 Å². The monoisotopic (exact) mass is 400 g/mol. The molecule has 0 unspecified atom stereocenters. The summed E-state index contributed by atoms with van der Waals surface area (Å²) in [5, 5.41) is 9.81. The lowest BCUT2D eigenvalue weighted by atomic mass is 10.2. The van der Waals surface area contributed by atoms with Crippen molar-refractivity contribution in [3.63, 3.8) is 0 Å². The molecule has 3 rings (SSSR count). The summed E-state index contributed by atoms with van der Waals surface area (Å²) in [6, 6.07) is 11.5. The normalized spacial score (nSPS) is 14.9. The van der Waals surface area contributed by atoms with Crippen LogP contribution in [0.1, 0.15) is 6.92 Å². The van der Waals surface area contributed by atoms with E-state index >= 15 is 0 Å². The van der Waals surface area contributed by atoms with E-state index in [1.807, 2.05) is 44.3 Å². The minimum Gasteiger partial charge on any atom is -0.378 e. The van der Waals surface area contributed by atoms with Gasteiger partial charge in [-0.3, -0.25) is 14.8 Å². The summed E-state index contributed by atoms with van der Waals surface area (Å²) in [4.78, 5) is 28.3. The van der Waals surface area contributed by atoms with Gasteiger partial charge in [0.15, 0.2) is 5.82 Å². The van der Waals surface area contributed by atoms with Crippen LogP contribution in [0.5, 0.6) is 0 Å². The van der Waals surface area contributed by atoms with Crippen molar-refractivity contribution in [1.82, 2.24) is 20.0 Å². The summed E-state index contributed by atoms with van der Waals surface area (Å²) in [7, 11) is 1.99. The van der Waals surface area contributed by atoms with E-state index in [0.29, 0.717) is 38.7 Å². The van der Waals surface area contributed by atoms with E-state index in [1.54, 1.807) is 17.2 Å². The Hall–Kier alpha value is -3.07. The van der Waals surface area contributed by atoms with Crippen molar-refractivity contribution in [2.24, 2.45) is 0 Å². The van der Waals surface area contributed by atoms with E-state index in [2.05, 4.69) is 20.6 Å². The highest BCUT2D eigenvalue weighted by Crippen LogP contribution is 2.13. The van der Waals surface area contributed by atoms with Crippen molar-refractivity contribution in [2.75, 3.05) is 50.1 Å². The molecule has 29 heavy (non-hydrogen) atoms. The van der Waals surface area contributed by atoms with Crippen LogP contribution in [-0.4, -0.2) is 72.6 Å². The van der Waals surface area contributed by atoms with Crippen LogP contribution in [0.15, 0.2) is 42.6 Å². The first-order chi connectivity index (χ1) is 14.0. The number of ether oxygens (including phenoxy) is 1. The largest absolute Gasteiger partial charge is 0.378 e. The minimum absolute atomic E-state index is 0.00910. The molecule has 2 aromatic rings. The molecule has 0 spiro atoms. The van der Waals surface area contributed by atoms with Gasteiger partial charge in [-0.25, -0.2) is 4.79 Å². The summed E-state index contributed by atoms with van der Waals surface area (Å²) in [6.45, 7) is 4.99. The first-order valence-electron chi connectivity index (χ1n) is 9.74. The number of carbonyl (C=O) groups is 2. The lowest BCUT2D eigenvalue weighted by molar-refractivity contribution is -0.136. The highest BCUT2D eigenvalue weighted by Gasteiger charge is 2.18. The van der Waals surface area contributed by atoms with Crippen LogP contribution >= 0.6 is 0 Å². The molecular weight excluding hydrogens is 372 g/mol. The fourth-order valence-corrected chi connectivity index (χ4v) is 3.02. The number of hydrogen-bond donors (Lipinski definition) is 2. The molecule has 0 aliphatic carbocycles. The highest BCUT2D eigenvalue weighted by molar-refractivity contribution is 5.88. The number of para-hydroxylation sites is 1. The third kappa shape index (κ3) is 5.95. The molecule has 0 bridgehead atoms. The summed E-state index contributed by atoms with van der Waals surface area (Å²) in [5.74, 6) is 0.395. The molecule has 156 valence electrons. The van der Waals surface area contributed by atoms with Gasteiger partial charge in [0, 0.05) is 50.7 Å². The average Bonchev–Trinajstić information content (AvgIpc) is 3.19. The fraction of sp³-hybridized carbons (Fsp3) is 0.450. The number of rotatable bonds is 7. The standard InChI is InChI=1S/C20H28N6O3/c1-16(24(2)17-6-4-3-5-7-17)14-21-20(28)22-18-8-9-26(23-18)15-19(27)25-10-12-29-13-11-25/h3-9,16H,10-15H2,1-2H3,(H2,21,22,23,28)/t16-/m1/s1. The van der Waals surface area contributed by atoms with Crippen LogP contribution in [0.25, 0.3) is 0 Å². The lowest BCUT2D eigenvalue weighted by Crippen LogP contribution is -2.42. The van der Waals surface area contributed by atoms with Gasteiger partial charge in [0.25, 0.3) is 0 Å². The van der Waals surface area contributed by atoms with Crippen LogP contribution in [0.4, 0.5) is 16.3 Å². The Balaban J connectivity index is 1.43. The molecule has 1 fully saturated rings. The SMILES string of the molecule is C[C@H](CNC(=O)Nc1ccn(CC(=O)N2CCOCC2)n1)N(C)c1ccccc1. The Kier molecular flexibility index (Phi) is 7.07. The van der Waals surface area contributed by atoms with Gasteiger partial charge in [0.2, 0.25) is 5.91 Å². The minimum atomic E-state index is -0.330. The number of anilines is 2. The molecule has 9 heteroatoms. The maximum atomic E-state index is 12.3. The van der Waals surface area contributed by atoms with Gasteiger partial charge in [0.05, 0.1) is 13.2 Å². The summed E-state index contributed by atoms with van der Waals surface area (Å²) >= 11 is 0. The van der Waals surface area contributed by atoms with Crippen LogP contribution in [0, 0.1) is 0 Å². The van der Waals surface area contributed by atoms with Gasteiger partial charge in [0.1, 0.15) is 6.54 Å². The molecule has 1 aliphatic rings. The maximum Gasteiger partial charge on any atom is 0.320 e. The number of hydrogen-bond acceptors (Lipinski definition) is 5. The van der Waals surface area contributed by atoms with E-state index in [1.165, 1.54) is 4.68 Å². The zero-order valence-electron chi connectivity index (χ0n) is 16.9. The van der Waals surface area contributed by atoms with Gasteiger partial charge in [-0.2, -0.15) is 5.10 Å². The second-order valence-electron chi connectivity index (χ2n) is 7.02. The summed E-state index contributed by atoms with van der Waals surface area (Å²) < 4.78 is 6.78. The number of amides is 3. The van der Waals surface area contributed by atoms with E-state index in [4.69, 9.17) is 4.74 Å². The molecule has 0 radical (unpaired) electrons. The predicted molar refractivity (Wildman–Crippen MR) is 111 cm³/mol. The average molecular weight is 400 g/mol. The second-order valence-corrected chi connectivity index (χ2v) is 7.02. The number of nitrogens with zero attached hydrogens (tertiary/aromatic N) is 4. The Morgan fingerprint density at radius 2 is 1.93 bits per heavy atom. The fourth-order valence-electron chi connectivity index (χ4n) is 3.02. The number of nitrogens with one attached hydrogen (secondary N) is 2. The van der Waals surface area contributed by atoms with Crippen molar-refractivity contribution < 1.29 is 14.3 Å². The summed E-state index contributed by atoms with van der Waals surface area (Å²) in [5.41, 5.74) is 1.09. The molecule has 9 nitrogen and oxygen atoms in total. The van der Waals surface area contributed by atoms with Crippen LogP contribution < -0.4 is 15.5 Å². The van der Waals surface area contributed by atoms with Crippen LogP contribution in [-0.2, 0) is 16.1 Å². The van der Waals surface area contributed by atoms with Crippen molar-refractivity contribution in [2.45, 2.75) is 19.5 Å². The molecule has 2 N–H and O–H groups in total. The Bertz CT molecular complexity index is 804. The van der Waals surface area contributed by atoms with Gasteiger partial charge < -0.3 is 19.9 Å². The van der Waals surface area contributed by atoms with E-state index in [-0.39, 0.29) is 24.5 Å². The first kappa shape index (κ1) is 20.7. The van der Waals surface area contributed by atoms with Gasteiger partial charge in [-0.05, 0) is 19.1 Å². The number of carbonyl (C=O) groups excluding carboxylic acids is 2. The quantitative estimate of drug-likeness (QED) is 0.733. The molecule has 1 aromatic carbocycles. The van der Waals surface area contributed by atoms with Crippen LogP contribution in [0.2, 0.25) is 0 Å². The third-order valence-electron chi connectivity index (χ3n) is 4.93. The number of likely N-dealkylation sites (N-methyl/N-ethyl adjacent to an activating group) is 1. The van der Waals surface area contributed by atoms with E-state index < -0.39 is 0 Å². The molecule has 1 saturated heterocycles. The van der Waals surface area contributed by atoms with E-state index in [9.17, 15) is 9.59 Å². The number of aromatic nitrogens is 2. The lowest BCUT2D eigenvalue weighted by Gasteiger charge is -2.27. The van der Waals surface area contributed by atoms with E-state index in [0.717, 1.165) is 5.69 Å². The van der Waals surface area contributed by atoms with Gasteiger partial charge >= 0.3 is 6.03 Å². The van der Waals surface area contributed by atoms with Crippen molar-refractivity contribution in [1.29, 1.82) is 0 Å². The summed E-state index contributed by atoms with van der Waals surface area (Å²) in [6.07, 6.45) is 1.68. The van der Waals surface area contributed by atoms with Gasteiger partial charge in [-0.15, -0.1) is 0 Å². The Morgan fingerprint density at radius 1 is 1.21 bits per heavy atom. The predicted octanol–water partition coefficient (Wildman–Crippen LogP) is 1.39. The molecule has 2 heterocycles.